The molecule has 0 atom stereocenters. The van der Waals surface area contributed by atoms with Crippen LogP contribution in [0.25, 0.3) is 0 Å². The highest BCUT2D eigenvalue weighted by Gasteiger charge is 1.96. The fraction of sp³-hybridized carbons (Fsp3) is 0.500. The van der Waals surface area contributed by atoms with Crippen LogP contribution in [0.15, 0.2) is 16.9 Å². The third-order valence-corrected chi connectivity index (χ3v) is 1.08. The summed E-state index contributed by atoms with van der Waals surface area (Å²) in [4.78, 5) is 0. The van der Waals surface area contributed by atoms with Gasteiger partial charge in [-0.25, -0.2) is 0 Å². The van der Waals surface area contributed by atoms with E-state index in [1.54, 1.807) is 6.21 Å². The van der Waals surface area contributed by atoms with Gasteiger partial charge in [-0.3, -0.25) is 0 Å². The Hall–Kier alpha value is -0.990. The SMILES string of the molecule is CC(C)C(C=NN)=CN. The van der Waals surface area contributed by atoms with Gasteiger partial charge >= 0.3 is 0 Å². The minimum absolute atomic E-state index is 0.391. The lowest BCUT2D eigenvalue weighted by Crippen LogP contribution is -2.00. The van der Waals surface area contributed by atoms with Crippen LogP contribution in [0.4, 0.5) is 0 Å². The van der Waals surface area contributed by atoms with Crippen LogP contribution in [-0.4, -0.2) is 6.21 Å². The van der Waals surface area contributed by atoms with E-state index >= 15 is 0 Å². The molecule has 3 nitrogen and oxygen atoms in total. The van der Waals surface area contributed by atoms with E-state index in [4.69, 9.17) is 11.6 Å². The molecule has 9 heavy (non-hydrogen) atoms. The van der Waals surface area contributed by atoms with E-state index in [2.05, 4.69) is 5.10 Å². The first-order valence-electron chi connectivity index (χ1n) is 2.87. The fourth-order valence-electron chi connectivity index (χ4n) is 0.471. The molecule has 0 aliphatic rings. The van der Waals surface area contributed by atoms with Gasteiger partial charge in [-0.15, -0.1) is 0 Å². The molecular formula is C6H13N3. The fourth-order valence-corrected chi connectivity index (χ4v) is 0.471. The molecule has 0 spiro atoms. The molecule has 0 aromatic carbocycles. The number of nitrogens with two attached hydrogens (primary N) is 2. The molecule has 0 unspecified atom stereocenters. The average Bonchev–Trinajstić information content (AvgIpc) is 1.82. The van der Waals surface area contributed by atoms with Crippen LogP contribution >= 0.6 is 0 Å². The molecule has 0 aliphatic carbocycles. The number of hydrogen-bond acceptors (Lipinski definition) is 3. The minimum atomic E-state index is 0.391. The van der Waals surface area contributed by atoms with Crippen molar-refractivity contribution in [3.05, 3.63) is 11.8 Å². The van der Waals surface area contributed by atoms with Crippen LogP contribution in [-0.2, 0) is 0 Å². The van der Waals surface area contributed by atoms with E-state index < -0.39 is 0 Å². The van der Waals surface area contributed by atoms with Crippen molar-refractivity contribution in [3.8, 4) is 0 Å². The van der Waals surface area contributed by atoms with Crippen LogP contribution in [0.5, 0.6) is 0 Å². The predicted octanol–water partition coefficient (Wildman–Crippen LogP) is 0.430. The summed E-state index contributed by atoms with van der Waals surface area (Å²) in [6.07, 6.45) is 3.08. The van der Waals surface area contributed by atoms with Gasteiger partial charge < -0.3 is 11.6 Å². The standard InChI is InChI=1S/C6H13N3/c1-5(2)6(3-7)4-9-8/h3-5H,7-8H2,1-2H3. The van der Waals surface area contributed by atoms with Gasteiger partial charge in [0.2, 0.25) is 0 Å². The van der Waals surface area contributed by atoms with Crippen LogP contribution in [0.2, 0.25) is 0 Å². The van der Waals surface area contributed by atoms with Gasteiger partial charge in [0, 0.05) is 0 Å². The van der Waals surface area contributed by atoms with E-state index in [1.807, 2.05) is 13.8 Å². The molecule has 0 aromatic rings. The predicted molar refractivity (Wildman–Crippen MR) is 39.8 cm³/mol. The number of hydrazone groups is 1. The van der Waals surface area contributed by atoms with E-state index in [0.29, 0.717) is 5.92 Å². The van der Waals surface area contributed by atoms with Gasteiger partial charge in [0.05, 0.1) is 6.21 Å². The van der Waals surface area contributed by atoms with Gasteiger partial charge in [-0.05, 0) is 17.7 Å². The maximum Gasteiger partial charge on any atom is 0.0514 e. The lowest BCUT2D eigenvalue weighted by molar-refractivity contribution is 0.802. The Morgan fingerprint density at radius 2 is 2.11 bits per heavy atom. The number of hydrogen-bond donors (Lipinski definition) is 2. The van der Waals surface area contributed by atoms with Crippen LogP contribution < -0.4 is 11.6 Å². The average molecular weight is 127 g/mol. The summed E-state index contributed by atoms with van der Waals surface area (Å²) in [5.41, 5.74) is 6.21. The lowest BCUT2D eigenvalue weighted by atomic mass is 10.1. The van der Waals surface area contributed by atoms with Crippen molar-refractivity contribution < 1.29 is 0 Å². The van der Waals surface area contributed by atoms with Crippen LogP contribution in [0.1, 0.15) is 13.8 Å². The first kappa shape index (κ1) is 8.01. The van der Waals surface area contributed by atoms with Gasteiger partial charge in [0.15, 0.2) is 0 Å². The summed E-state index contributed by atoms with van der Waals surface area (Å²) in [7, 11) is 0. The van der Waals surface area contributed by atoms with E-state index in [9.17, 15) is 0 Å². The van der Waals surface area contributed by atoms with Crippen molar-refractivity contribution >= 4 is 6.21 Å². The highest BCUT2D eigenvalue weighted by atomic mass is 15.1. The van der Waals surface area contributed by atoms with Gasteiger partial charge in [-0.2, -0.15) is 5.10 Å². The highest BCUT2D eigenvalue weighted by Crippen LogP contribution is 2.03. The summed E-state index contributed by atoms with van der Waals surface area (Å²) in [5.74, 6) is 5.31. The molecule has 0 heterocycles. The maximum absolute atomic E-state index is 5.25. The molecule has 0 amide bonds. The van der Waals surface area contributed by atoms with Crippen LogP contribution in [0, 0.1) is 5.92 Å². The largest absolute Gasteiger partial charge is 0.404 e. The molecule has 0 saturated heterocycles. The number of nitrogens with zero attached hydrogens (tertiary/aromatic N) is 1. The van der Waals surface area contributed by atoms with Crippen molar-refractivity contribution in [3.63, 3.8) is 0 Å². The molecule has 0 fully saturated rings. The van der Waals surface area contributed by atoms with E-state index in [0.717, 1.165) is 5.57 Å². The Kier molecular flexibility index (Phi) is 3.51. The Bertz CT molecular complexity index is 124. The molecule has 0 saturated carbocycles. The topological polar surface area (TPSA) is 64.4 Å². The number of allylic oxidation sites excluding steroid dienone is 1. The second kappa shape index (κ2) is 3.95. The van der Waals surface area contributed by atoms with E-state index in [1.165, 1.54) is 6.20 Å². The smallest absolute Gasteiger partial charge is 0.0514 e. The van der Waals surface area contributed by atoms with Crippen molar-refractivity contribution in [1.82, 2.24) is 0 Å². The minimum Gasteiger partial charge on any atom is -0.404 e. The summed E-state index contributed by atoms with van der Waals surface area (Å²) in [6.45, 7) is 4.06. The zero-order valence-electron chi connectivity index (χ0n) is 5.83. The summed E-state index contributed by atoms with van der Waals surface area (Å²) < 4.78 is 0. The third-order valence-electron chi connectivity index (χ3n) is 1.08. The van der Waals surface area contributed by atoms with Crippen molar-refractivity contribution in [2.75, 3.05) is 0 Å². The second-order valence-electron chi connectivity index (χ2n) is 2.10. The molecule has 0 rings (SSSR count). The summed E-state index contributed by atoms with van der Waals surface area (Å²) >= 11 is 0. The third kappa shape index (κ3) is 2.74. The van der Waals surface area contributed by atoms with Gasteiger partial charge in [0.25, 0.3) is 0 Å². The van der Waals surface area contributed by atoms with Gasteiger partial charge in [0.1, 0.15) is 0 Å². The molecule has 4 N–H and O–H groups in total. The monoisotopic (exact) mass is 127 g/mol. The van der Waals surface area contributed by atoms with Gasteiger partial charge in [-0.1, -0.05) is 13.8 Å². The Labute approximate surface area is 55.4 Å². The zero-order chi connectivity index (χ0) is 7.28. The Morgan fingerprint density at radius 3 is 2.22 bits per heavy atom. The first-order chi connectivity index (χ1) is 4.22. The molecule has 0 radical (unpaired) electrons. The maximum atomic E-state index is 5.25. The molecular weight excluding hydrogens is 114 g/mol. The molecule has 0 bridgehead atoms. The quantitative estimate of drug-likeness (QED) is 0.321. The summed E-state index contributed by atoms with van der Waals surface area (Å²) in [5, 5.41) is 3.35. The van der Waals surface area contributed by atoms with Crippen LogP contribution in [0.3, 0.4) is 0 Å². The molecule has 0 aromatic heterocycles. The van der Waals surface area contributed by atoms with Crippen molar-refractivity contribution in [2.24, 2.45) is 22.6 Å². The molecule has 52 valence electrons. The Balaban J connectivity index is 4.01. The normalized spacial score (nSPS) is 13.4. The van der Waals surface area contributed by atoms with Crippen molar-refractivity contribution in [1.29, 1.82) is 0 Å². The number of rotatable bonds is 2. The van der Waals surface area contributed by atoms with E-state index in [-0.39, 0.29) is 0 Å². The first-order valence-corrected chi connectivity index (χ1v) is 2.87. The lowest BCUT2D eigenvalue weighted by Gasteiger charge is -2.01. The molecule has 3 heteroatoms. The zero-order valence-corrected chi connectivity index (χ0v) is 5.83. The summed E-state index contributed by atoms with van der Waals surface area (Å²) in [6, 6.07) is 0. The molecule has 0 aliphatic heterocycles. The van der Waals surface area contributed by atoms with Crippen molar-refractivity contribution in [2.45, 2.75) is 13.8 Å². The highest BCUT2D eigenvalue weighted by molar-refractivity contribution is 5.78. The second-order valence-corrected chi connectivity index (χ2v) is 2.10. The Morgan fingerprint density at radius 1 is 1.56 bits per heavy atom.